The van der Waals surface area contributed by atoms with Gasteiger partial charge in [0.25, 0.3) is 0 Å². The van der Waals surface area contributed by atoms with E-state index in [0.717, 1.165) is 24.9 Å². The summed E-state index contributed by atoms with van der Waals surface area (Å²) in [7, 11) is 2.20. The molecular weight excluding hydrogens is 270 g/mol. The van der Waals surface area contributed by atoms with E-state index < -0.39 is 0 Å². The molecule has 0 saturated carbocycles. The number of nitrogens with zero attached hydrogens (tertiary/aromatic N) is 1. The van der Waals surface area contributed by atoms with Crippen molar-refractivity contribution in [3.63, 3.8) is 0 Å². The van der Waals surface area contributed by atoms with Crippen molar-refractivity contribution in [1.29, 1.82) is 0 Å². The second-order valence-corrected chi connectivity index (χ2v) is 5.90. The van der Waals surface area contributed by atoms with Gasteiger partial charge in [-0.1, -0.05) is 48.2 Å². The lowest BCUT2D eigenvalue weighted by molar-refractivity contribution is 0.241. The van der Waals surface area contributed by atoms with Crippen molar-refractivity contribution >= 4 is 0 Å². The summed E-state index contributed by atoms with van der Waals surface area (Å²) < 4.78 is 0. The van der Waals surface area contributed by atoms with E-state index in [1.54, 1.807) is 0 Å². The molecule has 0 fully saturated rings. The fourth-order valence-corrected chi connectivity index (χ4v) is 3.10. The Morgan fingerprint density at radius 2 is 1.68 bits per heavy atom. The highest BCUT2D eigenvalue weighted by molar-refractivity contribution is 5.36. The summed E-state index contributed by atoms with van der Waals surface area (Å²) in [5.74, 6) is 5.60. The maximum atomic E-state index is 8.72. The number of likely N-dealkylation sites (N-methyl/N-ethyl adjacent to an activating group) is 1. The molecule has 0 aromatic heterocycles. The minimum Gasteiger partial charge on any atom is -0.384 e. The van der Waals surface area contributed by atoms with Crippen molar-refractivity contribution in [3.05, 3.63) is 70.8 Å². The Labute approximate surface area is 132 Å². The number of fused-ring (bicyclic) bond motifs is 1. The van der Waals surface area contributed by atoms with Crippen LogP contribution in [-0.2, 0) is 19.4 Å². The minimum atomic E-state index is -0.0905. The fraction of sp³-hybridized carbons (Fsp3) is 0.300. The van der Waals surface area contributed by atoms with Crippen LogP contribution in [0.25, 0.3) is 0 Å². The summed E-state index contributed by atoms with van der Waals surface area (Å²) >= 11 is 0. The van der Waals surface area contributed by atoms with Gasteiger partial charge < -0.3 is 5.11 Å². The molecule has 1 N–H and O–H groups in total. The Morgan fingerprint density at radius 1 is 1.05 bits per heavy atom. The van der Waals surface area contributed by atoms with E-state index in [1.165, 1.54) is 16.7 Å². The van der Waals surface area contributed by atoms with Crippen molar-refractivity contribution in [3.8, 4) is 11.8 Å². The van der Waals surface area contributed by atoms with Gasteiger partial charge in [-0.25, -0.2) is 0 Å². The van der Waals surface area contributed by atoms with Crippen LogP contribution in [0.15, 0.2) is 48.5 Å². The van der Waals surface area contributed by atoms with Gasteiger partial charge in [0.15, 0.2) is 0 Å². The lowest BCUT2D eigenvalue weighted by Gasteiger charge is -2.24. The molecule has 2 aromatic carbocycles. The molecule has 3 rings (SSSR count). The second kappa shape index (κ2) is 6.79. The van der Waals surface area contributed by atoms with E-state index in [-0.39, 0.29) is 6.61 Å². The average Bonchev–Trinajstić information content (AvgIpc) is 2.98. The smallest absolute Gasteiger partial charge is 0.104 e. The third kappa shape index (κ3) is 3.39. The van der Waals surface area contributed by atoms with Gasteiger partial charge >= 0.3 is 0 Å². The average molecular weight is 291 g/mol. The second-order valence-electron chi connectivity index (χ2n) is 5.90. The van der Waals surface area contributed by atoms with Crippen LogP contribution in [0.1, 0.15) is 22.3 Å². The minimum absolute atomic E-state index is 0.0905. The predicted molar refractivity (Wildman–Crippen MR) is 89.5 cm³/mol. The summed E-state index contributed by atoms with van der Waals surface area (Å²) in [4.78, 5) is 2.44. The van der Waals surface area contributed by atoms with Crippen LogP contribution < -0.4 is 0 Å². The van der Waals surface area contributed by atoms with Crippen molar-refractivity contribution < 1.29 is 5.11 Å². The van der Waals surface area contributed by atoms with E-state index in [1.807, 2.05) is 12.1 Å². The molecule has 0 aliphatic heterocycles. The molecule has 0 saturated heterocycles. The predicted octanol–water partition coefficient (Wildman–Crippen LogP) is 2.63. The monoisotopic (exact) mass is 291 g/mol. The lowest BCUT2D eigenvalue weighted by Crippen LogP contribution is -2.31. The topological polar surface area (TPSA) is 23.5 Å². The van der Waals surface area contributed by atoms with Gasteiger partial charge in [-0.3, -0.25) is 4.90 Å². The first-order chi connectivity index (χ1) is 10.8. The summed E-state index contributed by atoms with van der Waals surface area (Å²) in [6.45, 7) is 0.860. The summed E-state index contributed by atoms with van der Waals surface area (Å²) in [6, 6.07) is 17.6. The largest absolute Gasteiger partial charge is 0.384 e. The molecule has 0 bridgehead atoms. The van der Waals surface area contributed by atoms with Crippen LogP contribution in [0, 0.1) is 11.8 Å². The van der Waals surface area contributed by atoms with Crippen LogP contribution in [0.5, 0.6) is 0 Å². The van der Waals surface area contributed by atoms with Crippen LogP contribution in [-0.4, -0.2) is 29.7 Å². The molecule has 0 spiro atoms. The Bertz CT molecular complexity index is 669. The zero-order valence-corrected chi connectivity index (χ0v) is 12.9. The molecule has 112 valence electrons. The Morgan fingerprint density at radius 3 is 2.27 bits per heavy atom. The molecule has 0 atom stereocenters. The van der Waals surface area contributed by atoms with Crippen molar-refractivity contribution in [2.24, 2.45) is 0 Å². The van der Waals surface area contributed by atoms with Gasteiger partial charge in [0, 0.05) is 18.2 Å². The molecule has 0 unspecified atom stereocenters. The van der Waals surface area contributed by atoms with E-state index >= 15 is 0 Å². The zero-order chi connectivity index (χ0) is 15.4. The van der Waals surface area contributed by atoms with Gasteiger partial charge in [0.1, 0.15) is 6.61 Å². The van der Waals surface area contributed by atoms with Gasteiger partial charge in [-0.05, 0) is 48.7 Å². The van der Waals surface area contributed by atoms with Crippen molar-refractivity contribution in [1.82, 2.24) is 4.90 Å². The quantitative estimate of drug-likeness (QED) is 0.879. The first-order valence-electron chi connectivity index (χ1n) is 7.72. The molecule has 0 amide bonds. The summed E-state index contributed by atoms with van der Waals surface area (Å²) in [5, 5.41) is 8.72. The first kappa shape index (κ1) is 14.8. The maximum absolute atomic E-state index is 8.72. The van der Waals surface area contributed by atoms with Crippen molar-refractivity contribution in [2.75, 3.05) is 13.7 Å². The highest BCUT2D eigenvalue weighted by Crippen LogP contribution is 2.25. The SMILES string of the molecule is CN(Cc1ccc(C#CCO)cc1)C1Cc2ccccc2C1. The summed E-state index contributed by atoms with van der Waals surface area (Å²) in [6.07, 6.45) is 2.29. The van der Waals surface area contributed by atoms with Gasteiger partial charge in [-0.2, -0.15) is 0 Å². The molecule has 1 aliphatic rings. The standard InChI is InChI=1S/C20H21NO/c1-21(20-13-18-6-2-3-7-19(18)14-20)15-17-10-8-16(9-11-17)5-4-12-22/h2-3,6-11,20,22H,12-15H2,1H3. The van der Waals surface area contributed by atoms with E-state index in [4.69, 9.17) is 5.11 Å². The number of rotatable bonds is 3. The molecule has 1 aliphatic carbocycles. The fourth-order valence-electron chi connectivity index (χ4n) is 3.10. The molecular formula is C20H21NO. The zero-order valence-electron chi connectivity index (χ0n) is 12.9. The van der Waals surface area contributed by atoms with Crippen LogP contribution in [0.2, 0.25) is 0 Å². The van der Waals surface area contributed by atoms with Gasteiger partial charge in [-0.15, -0.1) is 0 Å². The first-order valence-corrected chi connectivity index (χ1v) is 7.72. The van der Waals surface area contributed by atoms with Crippen LogP contribution in [0.4, 0.5) is 0 Å². The van der Waals surface area contributed by atoms with E-state index in [2.05, 4.69) is 60.2 Å². The lowest BCUT2D eigenvalue weighted by atomic mass is 10.1. The number of benzene rings is 2. The van der Waals surface area contributed by atoms with Crippen LogP contribution in [0.3, 0.4) is 0 Å². The number of hydrogen-bond donors (Lipinski definition) is 1. The van der Waals surface area contributed by atoms with Gasteiger partial charge in [0.05, 0.1) is 0 Å². The third-order valence-electron chi connectivity index (χ3n) is 4.35. The van der Waals surface area contributed by atoms with E-state index in [0.29, 0.717) is 6.04 Å². The normalized spacial score (nSPS) is 13.8. The number of aliphatic hydroxyl groups is 1. The summed E-state index contributed by atoms with van der Waals surface area (Å²) in [5.41, 5.74) is 5.24. The molecule has 0 radical (unpaired) electrons. The highest BCUT2D eigenvalue weighted by Gasteiger charge is 2.24. The Hall–Kier alpha value is -2.08. The Balaban J connectivity index is 1.62. The molecule has 22 heavy (non-hydrogen) atoms. The highest BCUT2D eigenvalue weighted by atomic mass is 16.2. The maximum Gasteiger partial charge on any atom is 0.104 e. The molecule has 0 heterocycles. The molecule has 2 heteroatoms. The van der Waals surface area contributed by atoms with Crippen LogP contribution >= 0.6 is 0 Å². The Kier molecular flexibility index (Phi) is 4.58. The molecule has 2 nitrogen and oxygen atoms in total. The van der Waals surface area contributed by atoms with E-state index in [9.17, 15) is 0 Å². The molecule has 2 aromatic rings. The third-order valence-corrected chi connectivity index (χ3v) is 4.35. The number of aliphatic hydroxyl groups excluding tert-OH is 1. The number of hydrogen-bond acceptors (Lipinski definition) is 2. The van der Waals surface area contributed by atoms with Gasteiger partial charge in [0.2, 0.25) is 0 Å². The van der Waals surface area contributed by atoms with Crippen molar-refractivity contribution in [2.45, 2.75) is 25.4 Å².